The smallest absolute Gasteiger partial charge is 0.310 e. The molecule has 0 radical (unpaired) electrons. The van der Waals surface area contributed by atoms with E-state index in [0.29, 0.717) is 14.0 Å². The highest BCUT2D eigenvalue weighted by molar-refractivity contribution is 6.71. The Morgan fingerprint density at radius 3 is 1.20 bits per heavy atom. The van der Waals surface area contributed by atoms with E-state index in [1.54, 1.807) is 0 Å². The number of hydrazine groups is 1. The van der Waals surface area contributed by atoms with Crippen molar-refractivity contribution in [3.63, 3.8) is 0 Å². The summed E-state index contributed by atoms with van der Waals surface area (Å²) < 4.78 is 2.33. The monoisotopic (exact) mass is 139 g/mol. The predicted octanol–water partition coefficient (Wildman–Crippen LogP) is -0.0536. The maximum absolute atomic E-state index is 2.33. The highest BCUT2D eigenvalue weighted by Crippen LogP contribution is 2.13. The van der Waals surface area contributed by atoms with Crippen LogP contribution in [0.2, 0.25) is 13.6 Å². The SMILES string of the molecule is CB1N(C)B(C)N(C)N1C. The summed E-state index contributed by atoms with van der Waals surface area (Å²) >= 11 is 0. The first kappa shape index (κ1) is 8.11. The van der Waals surface area contributed by atoms with Gasteiger partial charge in [0.05, 0.1) is 0 Å². The molecule has 5 heteroatoms. The highest BCUT2D eigenvalue weighted by atomic mass is 15.6. The summed E-state index contributed by atoms with van der Waals surface area (Å²) in [6.07, 6.45) is 0. The van der Waals surface area contributed by atoms with Crippen molar-refractivity contribution in [2.45, 2.75) is 13.6 Å². The zero-order valence-electron chi connectivity index (χ0n) is 7.50. The van der Waals surface area contributed by atoms with Crippen LogP contribution in [0.15, 0.2) is 0 Å². The molecule has 0 saturated carbocycles. The first-order valence-corrected chi connectivity index (χ1v) is 3.73. The van der Waals surface area contributed by atoms with E-state index in [0.717, 1.165) is 0 Å². The molecule has 1 rings (SSSR count). The van der Waals surface area contributed by atoms with Crippen LogP contribution in [0.25, 0.3) is 0 Å². The standard InChI is InChI=1S/C5H15B2N3/c1-6-8(3)7(2)10(5)9(6)4/h1-5H3. The fourth-order valence-electron chi connectivity index (χ4n) is 1.37. The second kappa shape index (κ2) is 2.57. The molecule has 0 aromatic rings. The Hall–Kier alpha value is 0.00987. The van der Waals surface area contributed by atoms with Crippen LogP contribution in [0.1, 0.15) is 0 Å². The molecule has 0 bridgehead atoms. The van der Waals surface area contributed by atoms with Gasteiger partial charge >= 0.3 is 14.0 Å². The van der Waals surface area contributed by atoms with Gasteiger partial charge in [-0.1, -0.05) is 13.6 Å². The lowest BCUT2D eigenvalue weighted by Crippen LogP contribution is -2.39. The topological polar surface area (TPSA) is 9.72 Å². The molecule has 1 fully saturated rings. The van der Waals surface area contributed by atoms with E-state index in [9.17, 15) is 0 Å². The fourth-order valence-corrected chi connectivity index (χ4v) is 1.37. The first-order chi connectivity index (χ1) is 4.55. The summed E-state index contributed by atoms with van der Waals surface area (Å²) in [4.78, 5) is 4.48. The fraction of sp³-hybridized carbons (Fsp3) is 1.00. The third-order valence-electron chi connectivity index (χ3n) is 2.76. The van der Waals surface area contributed by atoms with E-state index in [1.165, 1.54) is 0 Å². The van der Waals surface area contributed by atoms with Gasteiger partial charge in [-0.3, -0.25) is 9.84 Å². The Morgan fingerprint density at radius 1 is 0.800 bits per heavy atom. The Labute approximate surface area is 64.2 Å². The molecule has 10 heavy (non-hydrogen) atoms. The van der Waals surface area contributed by atoms with E-state index >= 15 is 0 Å². The Kier molecular flexibility index (Phi) is 2.08. The average Bonchev–Trinajstić information content (AvgIpc) is 2.07. The Bertz CT molecular complexity index is 87.2. The number of nitrogens with zero attached hydrogens (tertiary/aromatic N) is 3. The number of hydrogen-bond acceptors (Lipinski definition) is 3. The zero-order valence-corrected chi connectivity index (χ0v) is 7.50. The lowest BCUT2D eigenvalue weighted by atomic mass is 9.67. The third-order valence-corrected chi connectivity index (χ3v) is 2.76. The van der Waals surface area contributed by atoms with E-state index < -0.39 is 0 Å². The minimum atomic E-state index is 0.528. The molecule has 1 saturated heterocycles. The molecule has 0 aromatic carbocycles. The van der Waals surface area contributed by atoms with Crippen LogP contribution in [0, 0.1) is 0 Å². The van der Waals surface area contributed by atoms with Crippen LogP contribution in [0.5, 0.6) is 0 Å². The molecule has 0 N–H and O–H groups in total. The van der Waals surface area contributed by atoms with Crippen molar-refractivity contribution < 1.29 is 0 Å². The summed E-state index contributed by atoms with van der Waals surface area (Å²) in [6, 6.07) is 0. The van der Waals surface area contributed by atoms with Gasteiger partial charge in [0.2, 0.25) is 0 Å². The molecule has 3 nitrogen and oxygen atoms in total. The van der Waals surface area contributed by atoms with Crippen LogP contribution in [-0.2, 0) is 0 Å². The van der Waals surface area contributed by atoms with Crippen molar-refractivity contribution in [1.29, 1.82) is 0 Å². The lowest BCUT2D eigenvalue weighted by Gasteiger charge is -2.21. The highest BCUT2D eigenvalue weighted by Gasteiger charge is 2.39. The third kappa shape index (κ3) is 0.983. The molecular weight excluding hydrogens is 124 g/mol. The van der Waals surface area contributed by atoms with Gasteiger partial charge in [0.1, 0.15) is 0 Å². The van der Waals surface area contributed by atoms with Gasteiger partial charge in [-0.25, -0.2) is 0 Å². The van der Waals surface area contributed by atoms with Gasteiger partial charge in [-0.2, -0.15) is 0 Å². The second-order valence-corrected chi connectivity index (χ2v) is 3.08. The second-order valence-electron chi connectivity index (χ2n) is 3.08. The molecule has 0 spiro atoms. The molecule has 0 amide bonds. The summed E-state index contributed by atoms with van der Waals surface area (Å²) in [7, 11) is 6.38. The average molecular weight is 139 g/mol. The molecule has 0 aliphatic carbocycles. The maximum atomic E-state index is 2.33. The van der Waals surface area contributed by atoms with Gasteiger partial charge in [0, 0.05) is 0 Å². The van der Waals surface area contributed by atoms with Crippen molar-refractivity contribution >= 4 is 14.0 Å². The molecular formula is C5H15B2N3. The summed E-state index contributed by atoms with van der Waals surface area (Å²) in [5.74, 6) is 0. The van der Waals surface area contributed by atoms with E-state index in [2.05, 4.69) is 49.4 Å². The summed E-state index contributed by atoms with van der Waals surface area (Å²) in [5.41, 5.74) is 0. The molecule has 56 valence electrons. The first-order valence-electron chi connectivity index (χ1n) is 3.73. The zero-order chi connectivity index (χ0) is 7.89. The minimum Gasteiger partial charge on any atom is -0.357 e. The molecule has 1 aliphatic heterocycles. The molecule has 0 aromatic heterocycles. The lowest BCUT2D eigenvalue weighted by molar-refractivity contribution is 0.245. The number of rotatable bonds is 0. The van der Waals surface area contributed by atoms with Crippen molar-refractivity contribution in [2.24, 2.45) is 0 Å². The number of hydrogen-bond donors (Lipinski definition) is 0. The van der Waals surface area contributed by atoms with Gasteiger partial charge in [0.25, 0.3) is 0 Å². The molecule has 0 atom stereocenters. The normalized spacial score (nSPS) is 24.9. The van der Waals surface area contributed by atoms with E-state index in [1.807, 2.05) is 0 Å². The van der Waals surface area contributed by atoms with Crippen molar-refractivity contribution in [2.75, 3.05) is 21.1 Å². The van der Waals surface area contributed by atoms with Crippen LogP contribution < -0.4 is 0 Å². The maximum Gasteiger partial charge on any atom is 0.310 e. The van der Waals surface area contributed by atoms with Gasteiger partial charge < -0.3 is 4.72 Å². The molecule has 1 aliphatic rings. The van der Waals surface area contributed by atoms with Gasteiger partial charge in [-0.15, -0.1) is 0 Å². The van der Waals surface area contributed by atoms with E-state index in [-0.39, 0.29) is 0 Å². The van der Waals surface area contributed by atoms with Crippen LogP contribution >= 0.6 is 0 Å². The van der Waals surface area contributed by atoms with Crippen LogP contribution in [0.4, 0.5) is 0 Å². The van der Waals surface area contributed by atoms with Crippen molar-refractivity contribution in [3.05, 3.63) is 0 Å². The van der Waals surface area contributed by atoms with Crippen LogP contribution in [-0.4, -0.2) is 49.7 Å². The van der Waals surface area contributed by atoms with E-state index in [4.69, 9.17) is 0 Å². The summed E-state index contributed by atoms with van der Waals surface area (Å²) in [5, 5.41) is 0. The van der Waals surface area contributed by atoms with Crippen molar-refractivity contribution in [1.82, 2.24) is 14.6 Å². The largest absolute Gasteiger partial charge is 0.357 e. The quantitative estimate of drug-likeness (QED) is 0.435. The Morgan fingerprint density at radius 2 is 1.10 bits per heavy atom. The minimum absolute atomic E-state index is 0.528. The Balaban J connectivity index is 2.68. The summed E-state index contributed by atoms with van der Waals surface area (Å²) in [6.45, 7) is 5.47. The molecule has 0 unspecified atom stereocenters. The van der Waals surface area contributed by atoms with Gasteiger partial charge in [-0.05, 0) is 21.1 Å². The predicted molar refractivity (Wildman–Crippen MR) is 46.5 cm³/mol. The van der Waals surface area contributed by atoms with Crippen LogP contribution in [0.3, 0.4) is 0 Å². The van der Waals surface area contributed by atoms with Crippen molar-refractivity contribution in [3.8, 4) is 0 Å². The van der Waals surface area contributed by atoms with Gasteiger partial charge in [0.15, 0.2) is 0 Å². The molecule has 1 heterocycles.